The van der Waals surface area contributed by atoms with Crippen LogP contribution in [0.3, 0.4) is 0 Å². The third-order valence-corrected chi connectivity index (χ3v) is 4.79. The van der Waals surface area contributed by atoms with Crippen LogP contribution in [-0.2, 0) is 11.3 Å². The molecule has 0 spiro atoms. The first-order valence-electron chi connectivity index (χ1n) is 9.06. The number of ether oxygens (including phenoxy) is 1. The molecule has 1 aromatic carbocycles. The summed E-state index contributed by atoms with van der Waals surface area (Å²) in [6.07, 6.45) is 6.36. The molecule has 0 bridgehead atoms. The van der Waals surface area contributed by atoms with Crippen LogP contribution in [0.2, 0.25) is 5.02 Å². The van der Waals surface area contributed by atoms with Gasteiger partial charge in [-0.05, 0) is 44.0 Å². The van der Waals surface area contributed by atoms with Gasteiger partial charge in [0.25, 0.3) is 0 Å². The van der Waals surface area contributed by atoms with E-state index in [1.165, 1.54) is 0 Å². The quantitative estimate of drug-likeness (QED) is 0.644. The maximum Gasteiger partial charge on any atom is 0.193 e. The summed E-state index contributed by atoms with van der Waals surface area (Å²) in [6, 6.07) is 7.64. The topological polar surface area (TPSA) is 54.7 Å². The van der Waals surface area contributed by atoms with E-state index < -0.39 is 0 Å². The largest absolute Gasteiger partial charge is 0.378 e. The van der Waals surface area contributed by atoms with E-state index in [9.17, 15) is 0 Å². The van der Waals surface area contributed by atoms with Crippen LogP contribution in [0, 0.1) is 0 Å². The van der Waals surface area contributed by atoms with E-state index in [1.807, 2.05) is 48.4 Å². The van der Waals surface area contributed by atoms with Gasteiger partial charge in [-0.15, -0.1) is 0 Å². The molecule has 26 heavy (non-hydrogen) atoms. The predicted molar refractivity (Wildman–Crippen MR) is 105 cm³/mol. The van der Waals surface area contributed by atoms with E-state index in [1.54, 1.807) is 0 Å². The highest BCUT2D eigenvalue weighted by Gasteiger charge is 2.21. The lowest BCUT2D eigenvalue weighted by molar-refractivity contribution is 0.0263. The normalized spacial score (nSPS) is 16.1. The Morgan fingerprint density at radius 2 is 2.04 bits per heavy atom. The summed E-state index contributed by atoms with van der Waals surface area (Å²) >= 11 is 5.94. The first kappa shape index (κ1) is 18.7. The number of likely N-dealkylation sites (tertiary alicyclic amines) is 1. The van der Waals surface area contributed by atoms with Gasteiger partial charge in [-0.25, -0.2) is 4.68 Å². The zero-order valence-electron chi connectivity index (χ0n) is 15.4. The third-order valence-electron chi connectivity index (χ3n) is 4.53. The number of halogens is 1. The lowest BCUT2D eigenvalue weighted by Gasteiger charge is -2.34. The molecule has 140 valence electrons. The predicted octanol–water partition coefficient (Wildman–Crippen LogP) is 3.10. The Morgan fingerprint density at radius 3 is 2.69 bits per heavy atom. The van der Waals surface area contributed by atoms with Crippen molar-refractivity contribution in [1.29, 1.82) is 0 Å². The monoisotopic (exact) mass is 375 g/mol. The molecule has 0 radical (unpaired) electrons. The van der Waals surface area contributed by atoms with Crippen LogP contribution in [-0.4, -0.2) is 53.5 Å². The van der Waals surface area contributed by atoms with Gasteiger partial charge in [0.2, 0.25) is 0 Å². The van der Waals surface area contributed by atoms with Crippen LogP contribution in [0.15, 0.2) is 41.7 Å². The maximum atomic E-state index is 5.94. The molecule has 0 aliphatic carbocycles. The highest BCUT2D eigenvalue weighted by atomic mass is 35.5. The van der Waals surface area contributed by atoms with Crippen LogP contribution in [0.5, 0.6) is 0 Å². The van der Waals surface area contributed by atoms with Crippen LogP contribution in [0.1, 0.15) is 25.3 Å². The van der Waals surface area contributed by atoms with Crippen LogP contribution in [0.4, 0.5) is 0 Å². The average Bonchev–Trinajstić information content (AvgIpc) is 3.13. The molecule has 2 heterocycles. The van der Waals surface area contributed by atoms with Crippen molar-refractivity contribution in [3.63, 3.8) is 0 Å². The minimum Gasteiger partial charge on any atom is -0.378 e. The summed E-state index contributed by atoms with van der Waals surface area (Å²) in [5.74, 6) is 0.930. The molecule has 3 rings (SSSR count). The third kappa shape index (κ3) is 4.77. The second-order valence-electron chi connectivity index (χ2n) is 6.31. The number of aromatic nitrogens is 2. The zero-order valence-corrected chi connectivity index (χ0v) is 16.1. The number of aliphatic imine (C=N–C) groups is 1. The molecular weight excluding hydrogens is 350 g/mol. The molecular formula is C19H26ClN5O. The molecule has 1 aliphatic rings. The summed E-state index contributed by atoms with van der Waals surface area (Å²) in [6.45, 7) is 5.46. The minimum absolute atomic E-state index is 0.381. The van der Waals surface area contributed by atoms with Gasteiger partial charge in [-0.2, -0.15) is 5.10 Å². The molecule has 1 aliphatic heterocycles. The van der Waals surface area contributed by atoms with Crippen LogP contribution in [0.25, 0.3) is 5.69 Å². The van der Waals surface area contributed by atoms with E-state index in [0.29, 0.717) is 12.6 Å². The summed E-state index contributed by atoms with van der Waals surface area (Å²) in [4.78, 5) is 6.71. The Morgan fingerprint density at radius 1 is 1.31 bits per heavy atom. The van der Waals surface area contributed by atoms with Crippen molar-refractivity contribution in [3.8, 4) is 5.69 Å². The van der Waals surface area contributed by atoms with Crippen molar-refractivity contribution >= 4 is 17.6 Å². The Bertz CT molecular complexity index is 720. The highest BCUT2D eigenvalue weighted by molar-refractivity contribution is 6.30. The SMILES string of the molecule is CCOC1CCN(C(=NC)NCc2cnn(-c3ccc(Cl)cc3)c2)CC1. The van der Waals surface area contributed by atoms with E-state index in [2.05, 4.69) is 27.2 Å². The van der Waals surface area contributed by atoms with Crippen molar-refractivity contribution in [1.82, 2.24) is 20.0 Å². The molecule has 1 saturated heterocycles. The lowest BCUT2D eigenvalue weighted by Crippen LogP contribution is -2.46. The number of hydrogen-bond acceptors (Lipinski definition) is 3. The second-order valence-corrected chi connectivity index (χ2v) is 6.75. The van der Waals surface area contributed by atoms with Gasteiger partial charge in [0.15, 0.2) is 5.96 Å². The highest BCUT2D eigenvalue weighted by Crippen LogP contribution is 2.15. The molecule has 0 amide bonds. The van der Waals surface area contributed by atoms with Crippen molar-refractivity contribution in [2.75, 3.05) is 26.7 Å². The van der Waals surface area contributed by atoms with Crippen LogP contribution < -0.4 is 5.32 Å². The minimum atomic E-state index is 0.381. The van der Waals surface area contributed by atoms with E-state index in [4.69, 9.17) is 16.3 Å². The van der Waals surface area contributed by atoms with Gasteiger partial charge in [-0.3, -0.25) is 4.99 Å². The number of nitrogens with zero attached hydrogens (tertiary/aromatic N) is 4. The standard InChI is InChI=1S/C19H26ClN5O/c1-3-26-18-8-10-24(11-9-18)19(21-2)22-12-15-13-23-25(14-15)17-6-4-16(20)5-7-17/h4-7,13-14,18H,3,8-12H2,1-2H3,(H,21,22). The summed E-state index contributed by atoms with van der Waals surface area (Å²) in [5, 5.41) is 8.59. The van der Waals surface area contributed by atoms with Gasteiger partial charge in [0, 0.05) is 50.1 Å². The Hall–Kier alpha value is -2.05. The van der Waals surface area contributed by atoms with Crippen molar-refractivity contribution in [3.05, 3.63) is 47.2 Å². The molecule has 1 N–H and O–H groups in total. The number of nitrogens with one attached hydrogen (secondary N) is 1. The fourth-order valence-corrected chi connectivity index (χ4v) is 3.30. The molecule has 6 nitrogen and oxygen atoms in total. The number of piperidine rings is 1. The lowest BCUT2D eigenvalue weighted by atomic mass is 10.1. The smallest absolute Gasteiger partial charge is 0.193 e. The first-order valence-corrected chi connectivity index (χ1v) is 9.44. The van der Waals surface area contributed by atoms with Crippen molar-refractivity contribution < 1.29 is 4.74 Å². The van der Waals surface area contributed by atoms with Crippen molar-refractivity contribution in [2.24, 2.45) is 4.99 Å². The van der Waals surface area contributed by atoms with E-state index in [-0.39, 0.29) is 0 Å². The summed E-state index contributed by atoms with van der Waals surface area (Å²) in [5.41, 5.74) is 2.09. The summed E-state index contributed by atoms with van der Waals surface area (Å²) in [7, 11) is 1.83. The Labute approximate surface area is 159 Å². The van der Waals surface area contributed by atoms with E-state index in [0.717, 1.165) is 54.8 Å². The zero-order chi connectivity index (χ0) is 18.4. The number of benzene rings is 1. The molecule has 0 saturated carbocycles. The van der Waals surface area contributed by atoms with Gasteiger partial charge in [-0.1, -0.05) is 11.6 Å². The van der Waals surface area contributed by atoms with E-state index >= 15 is 0 Å². The Kier molecular flexibility index (Phi) is 6.52. The van der Waals surface area contributed by atoms with Gasteiger partial charge < -0.3 is 15.0 Å². The number of guanidine groups is 1. The molecule has 1 fully saturated rings. The van der Waals surface area contributed by atoms with Gasteiger partial charge in [0.1, 0.15) is 0 Å². The fourth-order valence-electron chi connectivity index (χ4n) is 3.17. The van der Waals surface area contributed by atoms with Crippen molar-refractivity contribution in [2.45, 2.75) is 32.4 Å². The molecule has 7 heteroatoms. The maximum absolute atomic E-state index is 5.94. The molecule has 1 aromatic heterocycles. The average molecular weight is 376 g/mol. The van der Waals surface area contributed by atoms with Gasteiger partial charge in [0.05, 0.1) is 18.0 Å². The van der Waals surface area contributed by atoms with Crippen LogP contribution >= 0.6 is 11.6 Å². The summed E-state index contributed by atoms with van der Waals surface area (Å²) < 4.78 is 7.57. The number of hydrogen-bond donors (Lipinski definition) is 1. The Balaban J connectivity index is 1.54. The molecule has 2 aromatic rings. The molecule has 0 atom stereocenters. The molecule has 0 unspecified atom stereocenters. The fraction of sp³-hybridized carbons (Fsp3) is 0.474. The second kappa shape index (κ2) is 9.05. The van der Waals surface area contributed by atoms with Gasteiger partial charge >= 0.3 is 0 Å². The first-order chi connectivity index (χ1) is 12.7. The number of rotatable bonds is 5.